The number of aldehydes is 1. The Labute approximate surface area is 147 Å². The minimum atomic E-state index is -0.786. The SMILES string of the molecule is CCCCCCCCCC(=O)OCc1cc(C=O)c(O)c([N+](=O)[O-])c1. The van der Waals surface area contributed by atoms with Gasteiger partial charge in [-0.2, -0.15) is 0 Å². The van der Waals surface area contributed by atoms with Gasteiger partial charge in [0.05, 0.1) is 10.5 Å². The van der Waals surface area contributed by atoms with Gasteiger partial charge < -0.3 is 9.84 Å². The Hall–Kier alpha value is -2.44. The van der Waals surface area contributed by atoms with E-state index in [1.54, 1.807) is 0 Å². The molecule has 138 valence electrons. The zero-order chi connectivity index (χ0) is 18.7. The standard InChI is InChI=1S/C18H25NO6/c1-2-3-4-5-6-7-8-9-17(21)25-13-14-10-15(12-20)18(22)16(11-14)19(23)24/h10-12,22H,2-9,13H2,1H3. The first-order valence-electron chi connectivity index (χ1n) is 8.60. The normalized spacial score (nSPS) is 10.4. The van der Waals surface area contributed by atoms with E-state index in [0.29, 0.717) is 18.3 Å². The average Bonchev–Trinajstić information content (AvgIpc) is 2.59. The number of carbonyl (C=O) groups excluding carboxylic acids is 2. The van der Waals surface area contributed by atoms with Crippen LogP contribution in [-0.2, 0) is 16.1 Å². The number of phenolic OH excluding ortho intramolecular Hbond substituents is 1. The molecule has 1 rings (SSSR count). The van der Waals surface area contributed by atoms with Crippen molar-refractivity contribution in [2.24, 2.45) is 0 Å². The predicted molar refractivity (Wildman–Crippen MR) is 92.6 cm³/mol. The Morgan fingerprint density at radius 2 is 1.84 bits per heavy atom. The molecule has 0 atom stereocenters. The smallest absolute Gasteiger partial charge is 0.311 e. The molecule has 1 aromatic carbocycles. The number of carbonyl (C=O) groups is 2. The number of nitro benzene ring substituents is 1. The highest BCUT2D eigenvalue weighted by Crippen LogP contribution is 2.30. The van der Waals surface area contributed by atoms with Gasteiger partial charge in [0.2, 0.25) is 5.75 Å². The second kappa shape index (κ2) is 11.2. The van der Waals surface area contributed by atoms with Gasteiger partial charge in [0.15, 0.2) is 6.29 Å². The van der Waals surface area contributed by atoms with Crippen molar-refractivity contribution in [1.82, 2.24) is 0 Å². The lowest BCUT2D eigenvalue weighted by Gasteiger charge is -2.07. The molecule has 0 saturated carbocycles. The van der Waals surface area contributed by atoms with Crippen molar-refractivity contribution in [3.05, 3.63) is 33.4 Å². The summed E-state index contributed by atoms with van der Waals surface area (Å²) >= 11 is 0. The maximum atomic E-state index is 11.7. The molecule has 1 aromatic rings. The van der Waals surface area contributed by atoms with Crippen LogP contribution in [0.25, 0.3) is 0 Å². The van der Waals surface area contributed by atoms with Crippen LogP contribution in [-0.4, -0.2) is 22.3 Å². The second-order valence-corrected chi connectivity index (χ2v) is 5.96. The zero-order valence-electron chi connectivity index (χ0n) is 14.5. The Kier molecular flexibility index (Phi) is 9.21. The predicted octanol–water partition coefficient (Wildman–Crippen LogP) is 4.30. The quantitative estimate of drug-likeness (QED) is 0.198. The number of aromatic hydroxyl groups is 1. The van der Waals surface area contributed by atoms with Crippen molar-refractivity contribution >= 4 is 17.9 Å². The number of nitrogens with zero attached hydrogens (tertiary/aromatic N) is 1. The van der Waals surface area contributed by atoms with Crippen LogP contribution in [0, 0.1) is 10.1 Å². The molecule has 0 spiro atoms. The van der Waals surface area contributed by atoms with Crippen LogP contribution in [0.1, 0.15) is 74.2 Å². The molecule has 25 heavy (non-hydrogen) atoms. The molecule has 0 fully saturated rings. The molecule has 0 unspecified atom stereocenters. The van der Waals surface area contributed by atoms with E-state index in [1.807, 2.05) is 0 Å². The number of benzene rings is 1. The Morgan fingerprint density at radius 3 is 2.44 bits per heavy atom. The van der Waals surface area contributed by atoms with E-state index in [-0.39, 0.29) is 18.1 Å². The maximum absolute atomic E-state index is 11.7. The number of ether oxygens (including phenoxy) is 1. The number of hydrogen-bond donors (Lipinski definition) is 1. The van der Waals surface area contributed by atoms with E-state index in [1.165, 1.54) is 31.7 Å². The fraction of sp³-hybridized carbons (Fsp3) is 0.556. The van der Waals surface area contributed by atoms with Crippen molar-refractivity contribution in [2.45, 2.75) is 64.9 Å². The summed E-state index contributed by atoms with van der Waals surface area (Å²) in [5.74, 6) is -1.06. The Balaban J connectivity index is 2.42. The summed E-state index contributed by atoms with van der Waals surface area (Å²) < 4.78 is 5.09. The first kappa shape index (κ1) is 20.6. The molecule has 0 amide bonds. The largest absolute Gasteiger partial charge is 0.502 e. The molecule has 0 aliphatic carbocycles. The molecule has 0 radical (unpaired) electrons. The summed E-state index contributed by atoms with van der Waals surface area (Å²) in [6.45, 7) is 1.99. The third-order valence-electron chi connectivity index (χ3n) is 3.89. The molecular weight excluding hydrogens is 326 g/mol. The van der Waals surface area contributed by atoms with Crippen molar-refractivity contribution in [3.8, 4) is 5.75 Å². The second-order valence-electron chi connectivity index (χ2n) is 5.96. The van der Waals surface area contributed by atoms with Crippen LogP contribution >= 0.6 is 0 Å². The van der Waals surface area contributed by atoms with Crippen molar-refractivity contribution in [3.63, 3.8) is 0 Å². The maximum Gasteiger partial charge on any atom is 0.311 e. The van der Waals surface area contributed by atoms with E-state index in [4.69, 9.17) is 4.74 Å². The highest BCUT2D eigenvalue weighted by Gasteiger charge is 2.19. The molecule has 0 bridgehead atoms. The molecule has 0 saturated heterocycles. The molecule has 7 heteroatoms. The van der Waals surface area contributed by atoms with Crippen LogP contribution in [0.4, 0.5) is 5.69 Å². The number of phenols is 1. The topological polar surface area (TPSA) is 107 Å². The van der Waals surface area contributed by atoms with Crippen LogP contribution < -0.4 is 0 Å². The molecule has 0 aromatic heterocycles. The number of rotatable bonds is 12. The van der Waals surface area contributed by atoms with Gasteiger partial charge in [-0.1, -0.05) is 45.4 Å². The average molecular weight is 351 g/mol. The summed E-state index contributed by atoms with van der Waals surface area (Å²) in [7, 11) is 0. The van der Waals surface area contributed by atoms with Gasteiger partial charge in [-0.3, -0.25) is 19.7 Å². The number of esters is 1. The molecule has 0 aliphatic rings. The van der Waals surface area contributed by atoms with Gasteiger partial charge in [-0.05, 0) is 18.1 Å². The summed E-state index contributed by atoms with van der Waals surface area (Å²) in [6.07, 6.45) is 8.28. The lowest BCUT2D eigenvalue weighted by atomic mass is 10.1. The summed E-state index contributed by atoms with van der Waals surface area (Å²) in [4.78, 5) is 32.7. The van der Waals surface area contributed by atoms with Crippen molar-refractivity contribution < 1.29 is 24.4 Å². The highest BCUT2D eigenvalue weighted by molar-refractivity contribution is 5.82. The highest BCUT2D eigenvalue weighted by atomic mass is 16.6. The van der Waals surface area contributed by atoms with E-state index in [2.05, 4.69) is 6.92 Å². The van der Waals surface area contributed by atoms with E-state index < -0.39 is 16.4 Å². The third kappa shape index (κ3) is 7.32. The zero-order valence-corrected chi connectivity index (χ0v) is 14.5. The summed E-state index contributed by atoms with van der Waals surface area (Å²) in [5, 5.41) is 20.5. The minimum absolute atomic E-state index is 0.169. The van der Waals surface area contributed by atoms with Crippen molar-refractivity contribution in [1.29, 1.82) is 0 Å². The van der Waals surface area contributed by atoms with Gasteiger partial charge >= 0.3 is 11.7 Å². The molecule has 1 N–H and O–H groups in total. The van der Waals surface area contributed by atoms with Gasteiger partial charge in [0.25, 0.3) is 0 Å². The number of hydrogen-bond acceptors (Lipinski definition) is 6. The van der Waals surface area contributed by atoms with Gasteiger partial charge in [-0.15, -0.1) is 0 Å². The van der Waals surface area contributed by atoms with Crippen LogP contribution in [0.15, 0.2) is 12.1 Å². The monoisotopic (exact) mass is 351 g/mol. The molecular formula is C18H25NO6. The number of nitro groups is 1. The van der Waals surface area contributed by atoms with Crippen LogP contribution in [0.3, 0.4) is 0 Å². The lowest BCUT2D eigenvalue weighted by molar-refractivity contribution is -0.386. The first-order valence-corrected chi connectivity index (χ1v) is 8.60. The minimum Gasteiger partial charge on any atom is -0.502 e. The van der Waals surface area contributed by atoms with Crippen LogP contribution in [0.5, 0.6) is 5.75 Å². The summed E-state index contributed by atoms with van der Waals surface area (Å²) in [6, 6.07) is 2.37. The molecule has 0 aliphatic heterocycles. The van der Waals surface area contributed by atoms with Gasteiger partial charge in [0, 0.05) is 12.5 Å². The van der Waals surface area contributed by atoms with E-state index in [0.717, 1.165) is 25.3 Å². The van der Waals surface area contributed by atoms with E-state index in [9.17, 15) is 24.8 Å². The van der Waals surface area contributed by atoms with Crippen molar-refractivity contribution in [2.75, 3.05) is 0 Å². The molecule has 0 heterocycles. The fourth-order valence-corrected chi connectivity index (χ4v) is 2.48. The van der Waals surface area contributed by atoms with Gasteiger partial charge in [0.1, 0.15) is 6.61 Å². The first-order chi connectivity index (χ1) is 12.0. The fourth-order valence-electron chi connectivity index (χ4n) is 2.48. The summed E-state index contributed by atoms with van der Waals surface area (Å²) in [5.41, 5.74) is -0.491. The third-order valence-corrected chi connectivity index (χ3v) is 3.89. The Bertz CT molecular complexity index is 599. The molecule has 7 nitrogen and oxygen atoms in total. The van der Waals surface area contributed by atoms with Crippen LogP contribution in [0.2, 0.25) is 0 Å². The van der Waals surface area contributed by atoms with E-state index >= 15 is 0 Å². The number of unbranched alkanes of at least 4 members (excludes halogenated alkanes) is 6. The lowest BCUT2D eigenvalue weighted by Crippen LogP contribution is -2.05. The van der Waals surface area contributed by atoms with Gasteiger partial charge in [-0.25, -0.2) is 0 Å². The Morgan fingerprint density at radius 1 is 1.20 bits per heavy atom.